The van der Waals surface area contributed by atoms with Crippen molar-refractivity contribution >= 4 is 11.7 Å². The van der Waals surface area contributed by atoms with Gasteiger partial charge in [0, 0.05) is 12.1 Å². The summed E-state index contributed by atoms with van der Waals surface area (Å²) in [7, 11) is 0. The fourth-order valence-electron chi connectivity index (χ4n) is 2.95. The molecule has 1 aromatic carbocycles. The van der Waals surface area contributed by atoms with E-state index < -0.39 is 0 Å². The number of carbonyl (C=O) groups is 1. The van der Waals surface area contributed by atoms with Crippen molar-refractivity contribution in [2.24, 2.45) is 0 Å². The van der Waals surface area contributed by atoms with E-state index in [1.165, 1.54) is 0 Å². The second kappa shape index (κ2) is 7.88. The van der Waals surface area contributed by atoms with Gasteiger partial charge in [0.2, 0.25) is 0 Å². The van der Waals surface area contributed by atoms with E-state index in [-0.39, 0.29) is 24.2 Å². The maximum atomic E-state index is 12.8. The standard InChI is InChI=1S/C21H26N4O3/c1-12(2)25-19(10-14(4)23-25)22-21(26)20-17(16(6)28-24-20)11-27-18-9-7-8-13(3)15(18)5/h7-10,12H,11H2,1-6H3,(H,22,26). The number of hydrogen-bond donors (Lipinski definition) is 1. The molecular weight excluding hydrogens is 356 g/mol. The van der Waals surface area contributed by atoms with E-state index in [9.17, 15) is 4.79 Å². The Bertz CT molecular complexity index is 1000. The molecule has 0 atom stereocenters. The van der Waals surface area contributed by atoms with Gasteiger partial charge in [0.15, 0.2) is 5.69 Å². The lowest BCUT2D eigenvalue weighted by atomic mass is 10.1. The van der Waals surface area contributed by atoms with Gasteiger partial charge >= 0.3 is 0 Å². The fourth-order valence-corrected chi connectivity index (χ4v) is 2.95. The molecule has 0 spiro atoms. The number of anilines is 1. The highest BCUT2D eigenvalue weighted by molar-refractivity contribution is 6.03. The minimum Gasteiger partial charge on any atom is -0.488 e. The second-order valence-electron chi connectivity index (χ2n) is 7.22. The molecule has 0 saturated heterocycles. The van der Waals surface area contributed by atoms with Crippen molar-refractivity contribution in [1.29, 1.82) is 0 Å². The average Bonchev–Trinajstić information content (AvgIpc) is 3.19. The molecule has 0 unspecified atom stereocenters. The van der Waals surface area contributed by atoms with Gasteiger partial charge in [-0.25, -0.2) is 4.68 Å². The Morgan fingerprint density at radius 2 is 2.00 bits per heavy atom. The van der Waals surface area contributed by atoms with Crippen molar-refractivity contribution in [3.8, 4) is 5.75 Å². The van der Waals surface area contributed by atoms with Gasteiger partial charge < -0.3 is 14.6 Å². The number of nitrogens with one attached hydrogen (secondary N) is 1. The van der Waals surface area contributed by atoms with E-state index in [4.69, 9.17) is 9.26 Å². The van der Waals surface area contributed by atoms with Gasteiger partial charge in [-0.3, -0.25) is 4.79 Å². The Balaban J connectivity index is 1.80. The predicted molar refractivity (Wildman–Crippen MR) is 107 cm³/mol. The molecule has 7 heteroatoms. The summed E-state index contributed by atoms with van der Waals surface area (Å²) in [4.78, 5) is 12.8. The molecule has 0 aliphatic rings. The first-order valence-corrected chi connectivity index (χ1v) is 9.29. The van der Waals surface area contributed by atoms with Crippen LogP contribution in [0.15, 0.2) is 28.8 Å². The third-order valence-electron chi connectivity index (χ3n) is 4.72. The van der Waals surface area contributed by atoms with E-state index in [0.29, 0.717) is 17.1 Å². The number of carbonyl (C=O) groups excluding carboxylic acids is 1. The number of amides is 1. The maximum absolute atomic E-state index is 12.8. The molecule has 3 aromatic rings. The molecule has 0 fully saturated rings. The average molecular weight is 382 g/mol. The molecule has 148 valence electrons. The van der Waals surface area contributed by atoms with Crippen LogP contribution in [-0.4, -0.2) is 20.8 Å². The molecule has 0 bridgehead atoms. The zero-order chi connectivity index (χ0) is 20.4. The molecular formula is C21H26N4O3. The van der Waals surface area contributed by atoms with Crippen LogP contribution in [0.2, 0.25) is 0 Å². The van der Waals surface area contributed by atoms with Gasteiger partial charge in [0.1, 0.15) is 23.9 Å². The SMILES string of the molecule is Cc1cc(NC(=O)c2noc(C)c2COc2cccc(C)c2C)n(C(C)C)n1. The first kappa shape index (κ1) is 19.7. The highest BCUT2D eigenvalue weighted by Gasteiger charge is 2.22. The lowest BCUT2D eigenvalue weighted by Gasteiger charge is -2.12. The molecule has 2 aromatic heterocycles. The zero-order valence-electron chi connectivity index (χ0n) is 17.2. The van der Waals surface area contributed by atoms with Crippen molar-refractivity contribution in [3.63, 3.8) is 0 Å². The van der Waals surface area contributed by atoms with Gasteiger partial charge in [-0.1, -0.05) is 17.3 Å². The Morgan fingerprint density at radius 1 is 1.25 bits per heavy atom. The van der Waals surface area contributed by atoms with Crippen LogP contribution >= 0.6 is 0 Å². The van der Waals surface area contributed by atoms with E-state index >= 15 is 0 Å². The van der Waals surface area contributed by atoms with Crippen LogP contribution in [0.1, 0.15) is 58.5 Å². The summed E-state index contributed by atoms with van der Waals surface area (Å²) in [6, 6.07) is 7.84. The van der Waals surface area contributed by atoms with Crippen LogP contribution in [0.5, 0.6) is 5.75 Å². The van der Waals surface area contributed by atoms with Crippen molar-refractivity contribution in [3.05, 3.63) is 58.1 Å². The molecule has 0 aliphatic carbocycles. The molecule has 1 amide bonds. The van der Waals surface area contributed by atoms with E-state index in [2.05, 4.69) is 15.6 Å². The summed E-state index contributed by atoms with van der Waals surface area (Å²) in [6.07, 6.45) is 0. The highest BCUT2D eigenvalue weighted by Crippen LogP contribution is 2.24. The summed E-state index contributed by atoms with van der Waals surface area (Å²) in [5.41, 5.74) is 3.90. The molecule has 2 heterocycles. The number of ether oxygens (including phenoxy) is 1. The quantitative estimate of drug-likeness (QED) is 0.678. The van der Waals surface area contributed by atoms with Crippen LogP contribution in [0.4, 0.5) is 5.82 Å². The molecule has 0 saturated carbocycles. The molecule has 0 radical (unpaired) electrons. The normalized spacial score (nSPS) is 11.1. The lowest BCUT2D eigenvalue weighted by molar-refractivity contribution is 0.101. The largest absolute Gasteiger partial charge is 0.488 e. The molecule has 28 heavy (non-hydrogen) atoms. The summed E-state index contributed by atoms with van der Waals surface area (Å²) in [6.45, 7) is 11.9. The fraction of sp³-hybridized carbons (Fsp3) is 0.381. The number of nitrogens with zero attached hydrogens (tertiary/aromatic N) is 3. The van der Waals surface area contributed by atoms with Crippen LogP contribution in [0.25, 0.3) is 0 Å². The Kier molecular flexibility index (Phi) is 5.53. The number of hydrogen-bond acceptors (Lipinski definition) is 5. The summed E-state index contributed by atoms with van der Waals surface area (Å²) in [5.74, 6) is 1.61. The highest BCUT2D eigenvalue weighted by atomic mass is 16.5. The van der Waals surface area contributed by atoms with E-state index in [0.717, 1.165) is 22.6 Å². The van der Waals surface area contributed by atoms with E-state index in [1.54, 1.807) is 11.6 Å². The zero-order valence-corrected chi connectivity index (χ0v) is 17.2. The minimum absolute atomic E-state index is 0.121. The van der Waals surface area contributed by atoms with Gasteiger partial charge in [-0.05, 0) is 58.7 Å². The number of benzene rings is 1. The van der Waals surface area contributed by atoms with Gasteiger partial charge in [0.05, 0.1) is 11.3 Å². The van der Waals surface area contributed by atoms with Crippen molar-refractivity contribution < 1.29 is 14.1 Å². The van der Waals surface area contributed by atoms with Crippen LogP contribution in [0, 0.1) is 27.7 Å². The van der Waals surface area contributed by atoms with Gasteiger partial charge in [-0.2, -0.15) is 5.10 Å². The Hall–Kier alpha value is -3.09. The third-order valence-corrected chi connectivity index (χ3v) is 4.72. The van der Waals surface area contributed by atoms with Gasteiger partial charge in [-0.15, -0.1) is 0 Å². The Morgan fingerprint density at radius 3 is 2.71 bits per heavy atom. The van der Waals surface area contributed by atoms with Crippen LogP contribution < -0.4 is 10.1 Å². The molecule has 3 rings (SSSR count). The van der Waals surface area contributed by atoms with Gasteiger partial charge in [0.25, 0.3) is 5.91 Å². The van der Waals surface area contributed by atoms with Crippen molar-refractivity contribution in [2.45, 2.75) is 54.2 Å². The van der Waals surface area contributed by atoms with Crippen LogP contribution in [-0.2, 0) is 6.61 Å². The number of aryl methyl sites for hydroxylation is 3. The second-order valence-corrected chi connectivity index (χ2v) is 7.22. The summed E-state index contributed by atoms with van der Waals surface area (Å²) < 4.78 is 13.0. The minimum atomic E-state index is -0.349. The maximum Gasteiger partial charge on any atom is 0.279 e. The Labute approximate surface area is 164 Å². The molecule has 7 nitrogen and oxygen atoms in total. The number of rotatable bonds is 6. The van der Waals surface area contributed by atoms with Crippen molar-refractivity contribution in [2.75, 3.05) is 5.32 Å². The topological polar surface area (TPSA) is 82.2 Å². The molecule has 0 aliphatic heterocycles. The third kappa shape index (κ3) is 3.93. The smallest absolute Gasteiger partial charge is 0.279 e. The van der Waals surface area contributed by atoms with Crippen molar-refractivity contribution in [1.82, 2.24) is 14.9 Å². The summed E-state index contributed by atoms with van der Waals surface area (Å²) in [5, 5.41) is 11.2. The first-order valence-electron chi connectivity index (χ1n) is 9.29. The predicted octanol–water partition coefficient (Wildman–Crippen LogP) is 4.52. The lowest BCUT2D eigenvalue weighted by Crippen LogP contribution is -2.19. The molecule has 1 N–H and O–H groups in total. The first-order chi connectivity index (χ1) is 13.3. The summed E-state index contributed by atoms with van der Waals surface area (Å²) >= 11 is 0. The van der Waals surface area contributed by atoms with Crippen LogP contribution in [0.3, 0.4) is 0 Å². The van der Waals surface area contributed by atoms with E-state index in [1.807, 2.05) is 58.9 Å². The monoisotopic (exact) mass is 382 g/mol. The number of aromatic nitrogens is 3.